The average molecular weight is 218 g/mol. The topological polar surface area (TPSA) is 35.8 Å². The maximum absolute atomic E-state index is 13.6. The quantitative estimate of drug-likeness (QED) is 0.845. The van der Waals surface area contributed by atoms with Crippen LogP contribution in [0, 0.1) is 23.1 Å². The van der Waals surface area contributed by atoms with Gasteiger partial charge in [-0.25, -0.2) is 4.39 Å². The number of hydrogen-bond donors (Lipinski definition) is 1. The summed E-state index contributed by atoms with van der Waals surface area (Å²) < 4.78 is 13.6. The summed E-state index contributed by atoms with van der Waals surface area (Å²) in [6, 6.07) is 6.78. The minimum Gasteiger partial charge on any atom is -0.380 e. The maximum Gasteiger partial charge on any atom is 0.147 e. The summed E-state index contributed by atoms with van der Waals surface area (Å²) in [5.41, 5.74) is 0.859. The largest absolute Gasteiger partial charge is 0.380 e. The molecule has 1 saturated carbocycles. The molecule has 0 spiro atoms. The van der Waals surface area contributed by atoms with Gasteiger partial charge in [0.2, 0.25) is 0 Å². The molecule has 1 aromatic carbocycles. The van der Waals surface area contributed by atoms with Crippen molar-refractivity contribution in [3.63, 3.8) is 0 Å². The van der Waals surface area contributed by atoms with Gasteiger partial charge in [0.1, 0.15) is 5.82 Å². The van der Waals surface area contributed by atoms with E-state index in [1.807, 2.05) is 6.07 Å². The van der Waals surface area contributed by atoms with E-state index in [4.69, 9.17) is 5.26 Å². The van der Waals surface area contributed by atoms with Crippen molar-refractivity contribution in [3.8, 4) is 6.07 Å². The number of nitrogens with one attached hydrogen (secondary N) is 1. The summed E-state index contributed by atoms with van der Waals surface area (Å²) in [4.78, 5) is 0. The van der Waals surface area contributed by atoms with E-state index in [9.17, 15) is 4.39 Å². The van der Waals surface area contributed by atoms with Crippen molar-refractivity contribution in [2.24, 2.45) is 5.92 Å². The Labute approximate surface area is 95.1 Å². The first-order chi connectivity index (χ1) is 7.70. The lowest BCUT2D eigenvalue weighted by atomic mass is 9.80. The van der Waals surface area contributed by atoms with E-state index >= 15 is 0 Å². The van der Waals surface area contributed by atoms with Crippen LogP contribution in [0.2, 0.25) is 0 Å². The Bertz CT molecular complexity index is 418. The zero-order valence-corrected chi connectivity index (χ0v) is 9.33. The molecule has 1 atom stereocenters. The van der Waals surface area contributed by atoms with Gasteiger partial charge in [-0.1, -0.05) is 6.42 Å². The molecule has 0 saturated heterocycles. The lowest BCUT2D eigenvalue weighted by molar-refractivity contribution is 0.285. The molecule has 0 amide bonds. The molecule has 0 bridgehead atoms. The SMILES string of the molecule is CC(Nc1ccc(C#N)cc1F)C1CCC1. The number of nitriles is 1. The van der Waals surface area contributed by atoms with Crippen molar-refractivity contribution in [2.75, 3.05) is 5.32 Å². The predicted octanol–water partition coefficient (Wildman–Crippen LogP) is 3.30. The first-order valence-electron chi connectivity index (χ1n) is 5.67. The fraction of sp³-hybridized carbons (Fsp3) is 0.462. The van der Waals surface area contributed by atoms with Gasteiger partial charge in [-0.3, -0.25) is 0 Å². The Morgan fingerprint density at radius 1 is 1.50 bits per heavy atom. The van der Waals surface area contributed by atoms with Crippen LogP contribution in [0.15, 0.2) is 18.2 Å². The van der Waals surface area contributed by atoms with E-state index in [0.29, 0.717) is 23.2 Å². The van der Waals surface area contributed by atoms with Crippen LogP contribution in [0.3, 0.4) is 0 Å². The summed E-state index contributed by atoms with van der Waals surface area (Å²) in [6.07, 6.45) is 3.74. The number of anilines is 1. The first-order valence-corrected chi connectivity index (χ1v) is 5.67. The molecular weight excluding hydrogens is 203 g/mol. The smallest absolute Gasteiger partial charge is 0.147 e. The third-order valence-corrected chi connectivity index (χ3v) is 3.34. The molecule has 0 radical (unpaired) electrons. The lowest BCUT2D eigenvalue weighted by Gasteiger charge is -2.32. The normalized spacial score (nSPS) is 17.3. The Balaban J connectivity index is 2.06. The van der Waals surface area contributed by atoms with Crippen LogP contribution in [0.5, 0.6) is 0 Å². The number of hydrogen-bond acceptors (Lipinski definition) is 2. The molecule has 16 heavy (non-hydrogen) atoms. The molecular formula is C13H15FN2. The van der Waals surface area contributed by atoms with Gasteiger partial charge in [0.25, 0.3) is 0 Å². The highest BCUT2D eigenvalue weighted by Crippen LogP contribution is 2.31. The van der Waals surface area contributed by atoms with Gasteiger partial charge in [0.15, 0.2) is 0 Å². The monoisotopic (exact) mass is 218 g/mol. The highest BCUT2D eigenvalue weighted by molar-refractivity contribution is 5.49. The minimum absolute atomic E-state index is 0.302. The zero-order chi connectivity index (χ0) is 11.5. The van der Waals surface area contributed by atoms with Crippen LogP contribution in [0.1, 0.15) is 31.7 Å². The highest BCUT2D eigenvalue weighted by atomic mass is 19.1. The van der Waals surface area contributed by atoms with Crippen molar-refractivity contribution in [3.05, 3.63) is 29.6 Å². The highest BCUT2D eigenvalue weighted by Gasteiger charge is 2.24. The van der Waals surface area contributed by atoms with Gasteiger partial charge in [0.05, 0.1) is 17.3 Å². The molecule has 0 aromatic heterocycles. The van der Waals surface area contributed by atoms with Gasteiger partial charge < -0.3 is 5.32 Å². The van der Waals surface area contributed by atoms with E-state index in [2.05, 4.69) is 12.2 Å². The molecule has 1 fully saturated rings. The zero-order valence-electron chi connectivity index (χ0n) is 9.33. The van der Waals surface area contributed by atoms with Crippen molar-refractivity contribution in [1.82, 2.24) is 0 Å². The standard InChI is InChI=1S/C13H15FN2/c1-9(11-3-2-4-11)16-13-6-5-10(8-15)7-12(13)14/h5-7,9,11,16H,2-4H2,1H3. The van der Waals surface area contributed by atoms with Crippen LogP contribution >= 0.6 is 0 Å². The second kappa shape index (κ2) is 4.52. The summed E-state index contributed by atoms with van der Waals surface area (Å²) >= 11 is 0. The van der Waals surface area contributed by atoms with E-state index < -0.39 is 0 Å². The number of benzene rings is 1. The average Bonchev–Trinajstić information content (AvgIpc) is 2.18. The first kappa shape index (κ1) is 10.9. The molecule has 1 aliphatic rings. The van der Waals surface area contributed by atoms with Gasteiger partial charge in [-0.05, 0) is 43.9 Å². The molecule has 2 rings (SSSR count). The fourth-order valence-electron chi connectivity index (χ4n) is 2.00. The van der Waals surface area contributed by atoms with E-state index in [-0.39, 0.29) is 5.82 Å². The molecule has 84 valence electrons. The van der Waals surface area contributed by atoms with Gasteiger partial charge in [-0.2, -0.15) is 5.26 Å². The molecule has 3 heteroatoms. The van der Waals surface area contributed by atoms with Crippen LogP contribution < -0.4 is 5.32 Å². The van der Waals surface area contributed by atoms with Crippen molar-refractivity contribution >= 4 is 5.69 Å². The Morgan fingerprint density at radius 3 is 2.75 bits per heavy atom. The Kier molecular flexibility index (Phi) is 3.09. The second-order valence-electron chi connectivity index (χ2n) is 4.43. The Morgan fingerprint density at radius 2 is 2.25 bits per heavy atom. The van der Waals surface area contributed by atoms with Gasteiger partial charge >= 0.3 is 0 Å². The van der Waals surface area contributed by atoms with Gasteiger partial charge in [0, 0.05) is 6.04 Å². The van der Waals surface area contributed by atoms with E-state index in [1.165, 1.54) is 25.3 Å². The molecule has 2 nitrogen and oxygen atoms in total. The molecule has 0 heterocycles. The minimum atomic E-state index is -0.342. The van der Waals surface area contributed by atoms with E-state index in [1.54, 1.807) is 12.1 Å². The maximum atomic E-state index is 13.6. The van der Waals surface area contributed by atoms with Crippen molar-refractivity contribution in [2.45, 2.75) is 32.2 Å². The second-order valence-corrected chi connectivity index (χ2v) is 4.43. The summed E-state index contributed by atoms with van der Waals surface area (Å²) in [7, 11) is 0. The third kappa shape index (κ3) is 2.16. The number of nitrogens with zero attached hydrogens (tertiary/aromatic N) is 1. The van der Waals surface area contributed by atoms with Crippen LogP contribution in [-0.2, 0) is 0 Å². The molecule has 1 aromatic rings. The van der Waals surface area contributed by atoms with Crippen LogP contribution in [0.25, 0.3) is 0 Å². The lowest BCUT2D eigenvalue weighted by Crippen LogP contribution is -2.31. The number of halogens is 1. The van der Waals surface area contributed by atoms with Crippen LogP contribution in [-0.4, -0.2) is 6.04 Å². The molecule has 1 unspecified atom stereocenters. The van der Waals surface area contributed by atoms with Crippen molar-refractivity contribution < 1.29 is 4.39 Å². The fourth-order valence-corrected chi connectivity index (χ4v) is 2.00. The Hall–Kier alpha value is -1.56. The summed E-state index contributed by atoms with van der Waals surface area (Å²) in [6.45, 7) is 2.08. The predicted molar refractivity (Wildman–Crippen MR) is 61.5 cm³/mol. The third-order valence-electron chi connectivity index (χ3n) is 3.34. The molecule has 1 N–H and O–H groups in total. The molecule has 1 aliphatic carbocycles. The number of rotatable bonds is 3. The van der Waals surface area contributed by atoms with E-state index in [0.717, 1.165) is 0 Å². The van der Waals surface area contributed by atoms with Crippen LogP contribution in [0.4, 0.5) is 10.1 Å². The van der Waals surface area contributed by atoms with Gasteiger partial charge in [-0.15, -0.1) is 0 Å². The molecule has 0 aliphatic heterocycles. The summed E-state index contributed by atoms with van der Waals surface area (Å²) in [5, 5.41) is 11.8. The summed E-state index contributed by atoms with van der Waals surface area (Å²) in [5.74, 6) is 0.320. The van der Waals surface area contributed by atoms with Crippen molar-refractivity contribution in [1.29, 1.82) is 5.26 Å².